The summed E-state index contributed by atoms with van der Waals surface area (Å²) in [5.41, 5.74) is 4.08. The predicted molar refractivity (Wildman–Crippen MR) is 105 cm³/mol. The van der Waals surface area contributed by atoms with Crippen molar-refractivity contribution in [1.82, 2.24) is 9.13 Å². The number of esters is 1. The van der Waals surface area contributed by atoms with Crippen LogP contribution in [-0.2, 0) is 18.3 Å². The number of rotatable bonds is 8. The first kappa shape index (κ1) is 21.7. The fraction of sp³-hybridized carbons (Fsp3) is 0.368. The molecule has 156 valence electrons. The van der Waals surface area contributed by atoms with Crippen LogP contribution in [0.2, 0.25) is 0 Å². The number of hydrogen-bond acceptors (Lipinski definition) is 8. The Morgan fingerprint density at radius 1 is 1.14 bits per heavy atom. The molecule has 0 amide bonds. The SMILES string of the molecule is CCCn1c(N)c(C(=O)COC(=O)c2cc(OC)ccc2OC)c(=O)n(C)c1=O. The average molecular weight is 405 g/mol. The summed E-state index contributed by atoms with van der Waals surface area (Å²) < 4.78 is 17.2. The van der Waals surface area contributed by atoms with Crippen LogP contribution in [0.5, 0.6) is 11.5 Å². The smallest absolute Gasteiger partial charge is 0.342 e. The lowest BCUT2D eigenvalue weighted by Crippen LogP contribution is -2.43. The van der Waals surface area contributed by atoms with E-state index in [0.29, 0.717) is 12.2 Å². The zero-order chi connectivity index (χ0) is 21.7. The van der Waals surface area contributed by atoms with Gasteiger partial charge < -0.3 is 19.9 Å². The molecule has 0 spiro atoms. The minimum absolute atomic E-state index is 0.0523. The summed E-state index contributed by atoms with van der Waals surface area (Å²) >= 11 is 0. The van der Waals surface area contributed by atoms with Gasteiger partial charge in [-0.25, -0.2) is 9.59 Å². The number of carbonyl (C=O) groups is 2. The van der Waals surface area contributed by atoms with Crippen LogP contribution in [0.1, 0.15) is 34.1 Å². The number of methoxy groups -OCH3 is 2. The molecular formula is C19H23N3O7. The molecule has 0 unspecified atom stereocenters. The Morgan fingerprint density at radius 2 is 1.83 bits per heavy atom. The van der Waals surface area contributed by atoms with E-state index in [4.69, 9.17) is 19.9 Å². The maximum absolute atomic E-state index is 12.6. The Balaban J connectivity index is 2.32. The highest BCUT2D eigenvalue weighted by atomic mass is 16.5. The fourth-order valence-electron chi connectivity index (χ4n) is 2.74. The Morgan fingerprint density at radius 3 is 2.41 bits per heavy atom. The van der Waals surface area contributed by atoms with E-state index < -0.39 is 35.2 Å². The highest BCUT2D eigenvalue weighted by Gasteiger charge is 2.23. The number of aromatic nitrogens is 2. The molecule has 0 saturated heterocycles. The van der Waals surface area contributed by atoms with Crippen molar-refractivity contribution in [2.24, 2.45) is 7.05 Å². The molecule has 2 N–H and O–H groups in total. The third-order valence-electron chi connectivity index (χ3n) is 4.27. The molecule has 10 nitrogen and oxygen atoms in total. The summed E-state index contributed by atoms with van der Waals surface area (Å²) in [6.07, 6.45) is 0.570. The van der Waals surface area contributed by atoms with Crippen LogP contribution in [0.25, 0.3) is 0 Å². The second kappa shape index (κ2) is 9.09. The number of benzene rings is 1. The molecule has 1 aromatic carbocycles. The maximum atomic E-state index is 12.6. The quantitative estimate of drug-likeness (QED) is 0.499. The maximum Gasteiger partial charge on any atom is 0.342 e. The number of carbonyl (C=O) groups excluding carboxylic acids is 2. The van der Waals surface area contributed by atoms with Crippen molar-refractivity contribution < 1.29 is 23.8 Å². The van der Waals surface area contributed by atoms with E-state index >= 15 is 0 Å². The third kappa shape index (κ3) is 4.31. The van der Waals surface area contributed by atoms with Crippen molar-refractivity contribution in [2.75, 3.05) is 26.6 Å². The number of nitrogens with zero attached hydrogens (tertiary/aromatic N) is 2. The van der Waals surface area contributed by atoms with Crippen LogP contribution in [0.15, 0.2) is 27.8 Å². The first-order chi connectivity index (χ1) is 13.8. The van der Waals surface area contributed by atoms with Gasteiger partial charge in [0.15, 0.2) is 6.61 Å². The number of anilines is 1. The molecule has 29 heavy (non-hydrogen) atoms. The van der Waals surface area contributed by atoms with Crippen molar-refractivity contribution >= 4 is 17.6 Å². The first-order valence-corrected chi connectivity index (χ1v) is 8.78. The fourth-order valence-corrected chi connectivity index (χ4v) is 2.74. The van der Waals surface area contributed by atoms with Gasteiger partial charge in [-0.15, -0.1) is 0 Å². The molecule has 0 aliphatic heterocycles. The minimum atomic E-state index is -0.847. The Kier molecular flexibility index (Phi) is 6.81. The lowest BCUT2D eigenvalue weighted by molar-refractivity contribution is 0.0470. The summed E-state index contributed by atoms with van der Waals surface area (Å²) in [6, 6.07) is 4.52. The Hall–Kier alpha value is -3.56. The molecule has 0 bridgehead atoms. The monoisotopic (exact) mass is 405 g/mol. The number of hydrogen-bond donors (Lipinski definition) is 1. The van der Waals surface area contributed by atoms with Gasteiger partial charge in [-0.3, -0.25) is 18.7 Å². The molecule has 0 aliphatic rings. The van der Waals surface area contributed by atoms with Gasteiger partial charge >= 0.3 is 11.7 Å². The van der Waals surface area contributed by atoms with Gasteiger partial charge in [0, 0.05) is 13.6 Å². The summed E-state index contributed by atoms with van der Waals surface area (Å²) in [4.78, 5) is 49.5. The highest BCUT2D eigenvalue weighted by Crippen LogP contribution is 2.24. The third-order valence-corrected chi connectivity index (χ3v) is 4.27. The van der Waals surface area contributed by atoms with Crippen molar-refractivity contribution in [3.05, 3.63) is 50.2 Å². The molecule has 10 heteroatoms. The minimum Gasteiger partial charge on any atom is -0.497 e. The molecule has 2 rings (SSSR count). The second-order valence-corrected chi connectivity index (χ2v) is 6.12. The molecule has 2 aromatic rings. The van der Waals surface area contributed by atoms with Gasteiger partial charge in [0.1, 0.15) is 28.4 Å². The Bertz CT molecular complexity index is 1050. The molecule has 0 atom stereocenters. The van der Waals surface area contributed by atoms with E-state index in [1.165, 1.54) is 33.4 Å². The van der Waals surface area contributed by atoms with Crippen LogP contribution < -0.4 is 26.5 Å². The van der Waals surface area contributed by atoms with Crippen LogP contribution in [0.4, 0.5) is 5.82 Å². The molecule has 0 saturated carbocycles. The number of ether oxygens (including phenoxy) is 3. The van der Waals surface area contributed by atoms with Gasteiger partial charge in [-0.1, -0.05) is 6.92 Å². The van der Waals surface area contributed by atoms with E-state index in [-0.39, 0.29) is 23.7 Å². The zero-order valence-electron chi connectivity index (χ0n) is 16.7. The van der Waals surface area contributed by atoms with Crippen molar-refractivity contribution in [3.63, 3.8) is 0 Å². The second-order valence-electron chi connectivity index (χ2n) is 6.12. The number of nitrogen functional groups attached to an aromatic ring is 1. The lowest BCUT2D eigenvalue weighted by atomic mass is 10.2. The average Bonchev–Trinajstić information content (AvgIpc) is 2.73. The van der Waals surface area contributed by atoms with E-state index in [0.717, 1.165) is 9.13 Å². The Labute approximate surface area is 166 Å². The van der Waals surface area contributed by atoms with Gasteiger partial charge in [-0.05, 0) is 24.6 Å². The summed E-state index contributed by atoms with van der Waals surface area (Å²) in [5, 5.41) is 0. The summed E-state index contributed by atoms with van der Waals surface area (Å²) in [6.45, 7) is 1.32. The van der Waals surface area contributed by atoms with E-state index in [2.05, 4.69) is 0 Å². The zero-order valence-corrected chi connectivity index (χ0v) is 16.7. The highest BCUT2D eigenvalue weighted by molar-refractivity contribution is 6.02. The topological polar surface area (TPSA) is 132 Å². The van der Waals surface area contributed by atoms with Crippen LogP contribution >= 0.6 is 0 Å². The van der Waals surface area contributed by atoms with Crippen molar-refractivity contribution in [3.8, 4) is 11.5 Å². The molecular weight excluding hydrogens is 382 g/mol. The number of nitrogens with two attached hydrogens (primary N) is 1. The molecule has 0 aliphatic carbocycles. The number of ketones is 1. The first-order valence-electron chi connectivity index (χ1n) is 8.78. The predicted octanol–water partition coefficient (Wildman–Crippen LogP) is 0.596. The molecule has 0 fully saturated rings. The van der Waals surface area contributed by atoms with Crippen LogP contribution in [0.3, 0.4) is 0 Å². The van der Waals surface area contributed by atoms with Crippen molar-refractivity contribution in [2.45, 2.75) is 19.9 Å². The van der Waals surface area contributed by atoms with E-state index in [1.54, 1.807) is 6.07 Å². The van der Waals surface area contributed by atoms with Gasteiger partial charge in [-0.2, -0.15) is 0 Å². The normalized spacial score (nSPS) is 10.5. The number of Topliss-reactive ketones (excluding diaryl/α,β-unsaturated/α-hetero) is 1. The lowest BCUT2D eigenvalue weighted by Gasteiger charge is -2.14. The van der Waals surface area contributed by atoms with Gasteiger partial charge in [0.05, 0.1) is 14.2 Å². The summed E-state index contributed by atoms with van der Waals surface area (Å²) in [5.74, 6) is -1.28. The van der Waals surface area contributed by atoms with E-state index in [1.807, 2.05) is 6.92 Å². The largest absolute Gasteiger partial charge is 0.497 e. The standard InChI is InChI=1S/C19H23N3O7/c1-5-8-22-16(20)15(17(24)21(2)19(22)26)13(23)10-29-18(25)12-9-11(27-3)6-7-14(12)28-4/h6-7,9H,5,8,10,20H2,1-4H3. The molecule has 1 heterocycles. The molecule has 1 aromatic heterocycles. The molecule has 0 radical (unpaired) electrons. The van der Waals surface area contributed by atoms with Crippen molar-refractivity contribution in [1.29, 1.82) is 0 Å². The van der Waals surface area contributed by atoms with Gasteiger partial charge in [0.2, 0.25) is 5.78 Å². The van der Waals surface area contributed by atoms with E-state index in [9.17, 15) is 19.2 Å². The summed E-state index contributed by atoms with van der Waals surface area (Å²) in [7, 11) is 4.06. The van der Waals surface area contributed by atoms with Crippen LogP contribution in [0, 0.1) is 0 Å². The van der Waals surface area contributed by atoms with Crippen LogP contribution in [-0.4, -0.2) is 41.7 Å². The van der Waals surface area contributed by atoms with Gasteiger partial charge in [0.25, 0.3) is 5.56 Å².